The van der Waals surface area contributed by atoms with Crippen LogP contribution in [0.25, 0.3) is 22.0 Å². The minimum absolute atomic E-state index is 0.0731. The number of hydrogen-bond acceptors (Lipinski definition) is 7. The van der Waals surface area contributed by atoms with Gasteiger partial charge in [-0.3, -0.25) is 4.79 Å². The zero-order valence-electron chi connectivity index (χ0n) is 27.3. The predicted octanol–water partition coefficient (Wildman–Crippen LogP) is 4.87. The number of aliphatic hydroxyl groups is 1. The molecule has 2 N–H and O–H groups in total. The molecule has 9 nitrogen and oxygen atoms in total. The summed E-state index contributed by atoms with van der Waals surface area (Å²) in [4.78, 5) is 16.2. The van der Waals surface area contributed by atoms with Crippen molar-refractivity contribution in [3.63, 3.8) is 0 Å². The Bertz CT molecular complexity index is 1860. The van der Waals surface area contributed by atoms with E-state index in [1.165, 1.54) is 23.6 Å². The van der Waals surface area contributed by atoms with Crippen LogP contribution in [0.2, 0.25) is 0 Å². The van der Waals surface area contributed by atoms with Gasteiger partial charge in [-0.25, -0.2) is 12.4 Å². The number of pyridine rings is 1. The highest BCUT2D eigenvalue weighted by atomic mass is 32.2. The highest BCUT2D eigenvalue weighted by Gasteiger charge is 2.32. The molecule has 3 heterocycles. The molecule has 0 bridgehead atoms. The second-order valence-corrected chi connectivity index (χ2v) is 15.4. The quantitative estimate of drug-likeness (QED) is 0.226. The summed E-state index contributed by atoms with van der Waals surface area (Å²) in [6.07, 6.45) is 7.89. The van der Waals surface area contributed by atoms with Crippen molar-refractivity contribution in [1.82, 2.24) is 18.8 Å². The van der Waals surface area contributed by atoms with Gasteiger partial charge in [0.05, 0.1) is 17.1 Å². The highest BCUT2D eigenvalue weighted by Crippen LogP contribution is 2.42. The Hall–Kier alpha value is -3.44. The number of ether oxygens (including phenoxy) is 1. The van der Waals surface area contributed by atoms with Crippen LogP contribution < -0.4 is 15.6 Å². The molecule has 0 amide bonds. The van der Waals surface area contributed by atoms with Crippen LogP contribution in [0.15, 0.2) is 70.6 Å². The van der Waals surface area contributed by atoms with Crippen LogP contribution in [0.4, 0.5) is 0 Å². The third-order valence-corrected chi connectivity index (χ3v) is 11.2. The molecule has 1 saturated carbocycles. The molecule has 0 spiro atoms. The van der Waals surface area contributed by atoms with E-state index in [1.54, 1.807) is 57.4 Å². The number of hydrogen-bond donors (Lipinski definition) is 2. The van der Waals surface area contributed by atoms with Gasteiger partial charge in [-0.15, -0.1) is 0 Å². The summed E-state index contributed by atoms with van der Waals surface area (Å²) >= 11 is 0. The average Bonchev–Trinajstić information content (AvgIpc) is 3.77. The monoisotopic (exact) mass is 646 g/mol. The Balaban J connectivity index is 1.36. The number of nitrogens with zero attached hydrogens (tertiary/aromatic N) is 3. The minimum atomic E-state index is -4.03. The summed E-state index contributed by atoms with van der Waals surface area (Å²) in [7, 11) is -2.41. The van der Waals surface area contributed by atoms with E-state index in [2.05, 4.69) is 10.2 Å². The van der Waals surface area contributed by atoms with Crippen LogP contribution in [-0.4, -0.2) is 66.3 Å². The van der Waals surface area contributed by atoms with Crippen LogP contribution in [0.3, 0.4) is 0 Å². The first kappa shape index (κ1) is 32.5. The molecule has 2 fully saturated rings. The smallest absolute Gasteiger partial charge is 0.275 e. The molecule has 1 unspecified atom stereocenters. The molecule has 1 aliphatic carbocycles. The Morgan fingerprint density at radius 1 is 1.04 bits per heavy atom. The van der Waals surface area contributed by atoms with Crippen molar-refractivity contribution >= 4 is 20.9 Å². The first-order chi connectivity index (χ1) is 21.9. The van der Waals surface area contributed by atoms with E-state index in [9.17, 15) is 18.3 Å². The fraction of sp³-hybridized carbons (Fsp3) is 0.472. The molecule has 1 atom stereocenters. The summed E-state index contributed by atoms with van der Waals surface area (Å²) in [5.74, 6) is 1.77. The Morgan fingerprint density at radius 3 is 2.43 bits per heavy atom. The van der Waals surface area contributed by atoms with Crippen molar-refractivity contribution < 1.29 is 18.3 Å². The van der Waals surface area contributed by atoms with Crippen molar-refractivity contribution in [2.45, 2.75) is 57.0 Å². The second kappa shape index (κ2) is 13.0. The van der Waals surface area contributed by atoms with Gasteiger partial charge in [0.25, 0.3) is 15.6 Å². The number of aryl methyl sites for hydroxylation is 2. The molecule has 246 valence electrons. The van der Waals surface area contributed by atoms with Crippen molar-refractivity contribution in [3.05, 3.63) is 82.4 Å². The Kier molecular flexibility index (Phi) is 9.17. The molecule has 2 aromatic heterocycles. The summed E-state index contributed by atoms with van der Waals surface area (Å²) < 4.78 is 36.7. The third-order valence-electron chi connectivity index (χ3n) is 9.54. The summed E-state index contributed by atoms with van der Waals surface area (Å²) in [5.41, 5.74) is 1.55. The van der Waals surface area contributed by atoms with Gasteiger partial charge in [0.15, 0.2) is 0 Å². The van der Waals surface area contributed by atoms with Crippen LogP contribution in [0.1, 0.15) is 50.7 Å². The molecular weight excluding hydrogens is 600 g/mol. The molecule has 0 radical (unpaired) electrons. The maximum absolute atomic E-state index is 13.8. The van der Waals surface area contributed by atoms with Gasteiger partial charge in [-0.05, 0) is 101 Å². The summed E-state index contributed by atoms with van der Waals surface area (Å²) in [6, 6.07) is 14.0. The number of benzene rings is 2. The van der Waals surface area contributed by atoms with Crippen molar-refractivity contribution in [3.8, 4) is 16.9 Å². The third kappa shape index (κ3) is 6.81. The largest absolute Gasteiger partial charge is 0.493 e. The van der Waals surface area contributed by atoms with E-state index in [0.29, 0.717) is 46.3 Å². The van der Waals surface area contributed by atoms with Crippen molar-refractivity contribution in [1.29, 1.82) is 0 Å². The predicted molar refractivity (Wildman–Crippen MR) is 182 cm³/mol. The topological polar surface area (TPSA) is 106 Å². The lowest BCUT2D eigenvalue weighted by Crippen LogP contribution is -2.43. The number of aromatic nitrogens is 2. The maximum atomic E-state index is 13.8. The van der Waals surface area contributed by atoms with Crippen LogP contribution in [0.5, 0.6) is 5.75 Å². The van der Waals surface area contributed by atoms with E-state index >= 15 is 0 Å². The minimum Gasteiger partial charge on any atom is -0.493 e. The molecular formula is C36H46N4O5S. The average molecular weight is 647 g/mol. The van der Waals surface area contributed by atoms with E-state index < -0.39 is 21.2 Å². The van der Waals surface area contributed by atoms with Gasteiger partial charge in [-0.2, -0.15) is 0 Å². The van der Waals surface area contributed by atoms with Gasteiger partial charge in [0.2, 0.25) is 0 Å². The first-order valence-electron chi connectivity index (χ1n) is 16.4. The van der Waals surface area contributed by atoms with E-state index in [-0.39, 0.29) is 10.4 Å². The summed E-state index contributed by atoms with van der Waals surface area (Å²) in [6.45, 7) is 11.4. The lowest BCUT2D eigenvalue weighted by molar-refractivity contribution is 0.0785. The number of nitrogens with one attached hydrogen (secondary N) is 1. The van der Waals surface area contributed by atoms with Gasteiger partial charge in [0.1, 0.15) is 11.3 Å². The number of piperazine rings is 1. The van der Waals surface area contributed by atoms with Gasteiger partial charge < -0.3 is 24.6 Å². The van der Waals surface area contributed by atoms with E-state index in [1.807, 2.05) is 25.1 Å². The molecule has 6 rings (SSSR count). The normalized spacial score (nSPS) is 17.0. The zero-order chi connectivity index (χ0) is 32.6. The standard InChI is InChI=1S/C36H46N4O5S/c1-25-7-12-29(13-8-25)46(43,44)40-19-15-30-32(23-38(4)35(41)34(30)40)31-22-28(36(2,3)42)11-14-33(31)45-24-27(26-9-10-26)6-5-18-39-20-16-37-17-21-39/h7-8,11-15,19,22-23,26-27,37,42H,5-6,9-10,16-18,20-21,24H2,1-4H3. The summed E-state index contributed by atoms with van der Waals surface area (Å²) in [5, 5.41) is 14.9. The Labute approximate surface area is 271 Å². The van der Waals surface area contributed by atoms with Gasteiger partial charge in [-0.1, -0.05) is 23.8 Å². The fourth-order valence-electron chi connectivity index (χ4n) is 6.55. The maximum Gasteiger partial charge on any atom is 0.275 e. The van der Waals surface area contributed by atoms with Crippen LogP contribution in [-0.2, 0) is 22.7 Å². The first-order valence-corrected chi connectivity index (χ1v) is 17.8. The molecule has 2 aromatic carbocycles. The molecule has 10 heteroatoms. The highest BCUT2D eigenvalue weighted by molar-refractivity contribution is 7.90. The van der Waals surface area contributed by atoms with E-state index in [0.717, 1.165) is 55.1 Å². The SMILES string of the molecule is Cc1ccc(S(=O)(=O)n2ccc3c(-c4cc(C(C)(C)O)ccc4OCC(CCCN4CCNCC4)C4CC4)cn(C)c(=O)c32)cc1. The molecule has 4 aromatic rings. The molecule has 1 aliphatic heterocycles. The van der Waals surface area contributed by atoms with Crippen LogP contribution >= 0.6 is 0 Å². The molecule has 2 aliphatic rings. The Morgan fingerprint density at radius 2 is 1.76 bits per heavy atom. The number of rotatable bonds is 12. The number of fused-ring (bicyclic) bond motifs is 1. The lowest BCUT2D eigenvalue weighted by Gasteiger charge is -2.28. The van der Waals surface area contributed by atoms with Gasteiger partial charge in [0, 0.05) is 62.1 Å². The van der Waals surface area contributed by atoms with Crippen LogP contribution in [0, 0.1) is 18.8 Å². The zero-order valence-corrected chi connectivity index (χ0v) is 28.1. The second-order valence-electron chi connectivity index (χ2n) is 13.6. The fourth-order valence-corrected chi connectivity index (χ4v) is 7.89. The lowest BCUT2D eigenvalue weighted by atomic mass is 9.93. The molecule has 1 saturated heterocycles. The van der Waals surface area contributed by atoms with Crippen molar-refractivity contribution in [2.24, 2.45) is 18.9 Å². The van der Waals surface area contributed by atoms with Crippen molar-refractivity contribution in [2.75, 3.05) is 39.3 Å². The van der Waals surface area contributed by atoms with Gasteiger partial charge >= 0.3 is 0 Å². The molecule has 46 heavy (non-hydrogen) atoms. The van der Waals surface area contributed by atoms with E-state index in [4.69, 9.17) is 4.74 Å².